The van der Waals surface area contributed by atoms with Gasteiger partial charge in [-0.05, 0) is 32.2 Å². The minimum absolute atomic E-state index is 0.0691. The van der Waals surface area contributed by atoms with Crippen LogP contribution in [0.4, 0.5) is 0 Å². The molecule has 0 aromatic rings. The Morgan fingerprint density at radius 3 is 2.85 bits per heavy atom. The minimum atomic E-state index is -1.23. The molecule has 0 aromatic carbocycles. The van der Waals surface area contributed by atoms with E-state index in [1.807, 2.05) is 6.92 Å². The van der Waals surface area contributed by atoms with E-state index in [2.05, 4.69) is 17.1 Å². The maximum absolute atomic E-state index is 12.2. The summed E-state index contributed by atoms with van der Waals surface area (Å²) in [5.41, 5.74) is -1.23. The number of amides is 1. The minimum Gasteiger partial charge on any atom is -0.381 e. The smallest absolute Gasteiger partial charge is 0.252 e. The number of likely N-dealkylation sites (tertiary alicyclic amines) is 1. The Bertz CT molecular complexity index is 329. The van der Waals surface area contributed by atoms with Gasteiger partial charge in [0.15, 0.2) is 0 Å². The van der Waals surface area contributed by atoms with Crippen LogP contribution in [0.3, 0.4) is 0 Å². The number of rotatable bonds is 4. The fourth-order valence-electron chi connectivity index (χ4n) is 3.18. The zero-order valence-corrected chi connectivity index (χ0v) is 12.7. The van der Waals surface area contributed by atoms with Gasteiger partial charge in [0.05, 0.1) is 0 Å². The van der Waals surface area contributed by atoms with E-state index < -0.39 is 5.60 Å². The normalized spacial score (nSPS) is 28.9. The first-order chi connectivity index (χ1) is 9.49. The summed E-state index contributed by atoms with van der Waals surface area (Å²) >= 11 is 0. The van der Waals surface area contributed by atoms with Crippen LogP contribution in [-0.4, -0.2) is 60.4 Å². The van der Waals surface area contributed by atoms with Gasteiger partial charge in [-0.2, -0.15) is 0 Å². The standard InChI is InChI=1S/C15H28N2O3/c1-12-4-3-7-17(10-12)11-13(2)16-14(18)15(19)5-8-20-9-6-15/h12-13,19H,3-11H2,1-2H3,(H,16,18). The second-order valence-electron chi connectivity index (χ2n) is 6.53. The molecule has 2 rings (SSSR count). The number of carbonyl (C=O) groups is 1. The number of nitrogens with zero attached hydrogens (tertiary/aromatic N) is 1. The number of hydrogen-bond acceptors (Lipinski definition) is 4. The van der Waals surface area contributed by atoms with Gasteiger partial charge in [0, 0.05) is 45.2 Å². The van der Waals surface area contributed by atoms with E-state index in [1.54, 1.807) is 0 Å². The van der Waals surface area contributed by atoms with Crippen molar-refractivity contribution in [1.82, 2.24) is 10.2 Å². The topological polar surface area (TPSA) is 61.8 Å². The van der Waals surface area contributed by atoms with Crippen LogP contribution >= 0.6 is 0 Å². The lowest BCUT2D eigenvalue weighted by molar-refractivity contribution is -0.150. The van der Waals surface area contributed by atoms with Crippen molar-refractivity contribution in [1.29, 1.82) is 0 Å². The van der Waals surface area contributed by atoms with E-state index in [0.29, 0.717) is 26.1 Å². The van der Waals surface area contributed by atoms with Gasteiger partial charge < -0.3 is 20.1 Å². The highest BCUT2D eigenvalue weighted by Crippen LogP contribution is 2.21. The van der Waals surface area contributed by atoms with Crippen molar-refractivity contribution in [2.75, 3.05) is 32.8 Å². The van der Waals surface area contributed by atoms with Crippen molar-refractivity contribution in [2.45, 2.75) is 51.2 Å². The second-order valence-corrected chi connectivity index (χ2v) is 6.53. The first kappa shape index (κ1) is 15.7. The summed E-state index contributed by atoms with van der Waals surface area (Å²) in [6, 6.07) is 0.0691. The lowest BCUT2D eigenvalue weighted by atomic mass is 9.93. The summed E-state index contributed by atoms with van der Waals surface area (Å²) in [7, 11) is 0. The molecule has 0 saturated carbocycles. The molecule has 2 fully saturated rings. The van der Waals surface area contributed by atoms with Gasteiger partial charge >= 0.3 is 0 Å². The number of nitrogens with one attached hydrogen (secondary N) is 1. The summed E-state index contributed by atoms with van der Waals surface area (Å²) in [5, 5.41) is 13.3. The summed E-state index contributed by atoms with van der Waals surface area (Å²) in [4.78, 5) is 14.6. The van der Waals surface area contributed by atoms with Crippen molar-refractivity contribution in [3.8, 4) is 0 Å². The van der Waals surface area contributed by atoms with Crippen LogP contribution in [0.5, 0.6) is 0 Å². The maximum atomic E-state index is 12.2. The van der Waals surface area contributed by atoms with Crippen LogP contribution in [0.15, 0.2) is 0 Å². The molecule has 0 aliphatic carbocycles. The van der Waals surface area contributed by atoms with Crippen LogP contribution in [0.25, 0.3) is 0 Å². The monoisotopic (exact) mass is 284 g/mol. The Morgan fingerprint density at radius 1 is 1.50 bits per heavy atom. The van der Waals surface area contributed by atoms with Gasteiger partial charge in [-0.1, -0.05) is 6.92 Å². The quantitative estimate of drug-likeness (QED) is 0.800. The zero-order chi connectivity index (χ0) is 14.6. The molecule has 116 valence electrons. The van der Waals surface area contributed by atoms with Crippen LogP contribution in [0, 0.1) is 5.92 Å². The molecular weight excluding hydrogens is 256 g/mol. The molecule has 2 heterocycles. The van der Waals surface area contributed by atoms with Crippen LogP contribution < -0.4 is 5.32 Å². The molecule has 2 aliphatic rings. The summed E-state index contributed by atoms with van der Waals surface area (Å²) < 4.78 is 5.21. The first-order valence-electron chi connectivity index (χ1n) is 7.83. The van der Waals surface area contributed by atoms with Crippen LogP contribution in [0.1, 0.15) is 39.5 Å². The summed E-state index contributed by atoms with van der Waals surface area (Å²) in [6.07, 6.45) is 3.33. The molecule has 2 saturated heterocycles. The molecule has 2 aliphatic heterocycles. The zero-order valence-electron chi connectivity index (χ0n) is 12.7. The molecule has 2 atom stereocenters. The Balaban J connectivity index is 1.78. The van der Waals surface area contributed by atoms with Gasteiger partial charge in [-0.25, -0.2) is 0 Å². The van der Waals surface area contributed by atoms with Crippen molar-refractivity contribution in [2.24, 2.45) is 5.92 Å². The SMILES string of the molecule is CC1CCCN(CC(C)NC(=O)C2(O)CCOCC2)C1. The van der Waals surface area contributed by atoms with Crippen LogP contribution in [-0.2, 0) is 9.53 Å². The average Bonchev–Trinajstić information content (AvgIpc) is 2.39. The van der Waals surface area contributed by atoms with Crippen molar-refractivity contribution in [3.05, 3.63) is 0 Å². The van der Waals surface area contributed by atoms with E-state index in [4.69, 9.17) is 4.74 Å². The third kappa shape index (κ3) is 4.17. The molecule has 20 heavy (non-hydrogen) atoms. The Labute approximate surface area is 121 Å². The molecule has 0 spiro atoms. The highest BCUT2D eigenvalue weighted by molar-refractivity contribution is 5.85. The predicted molar refractivity (Wildman–Crippen MR) is 77.4 cm³/mol. The number of ether oxygens (including phenoxy) is 1. The Kier molecular flexibility index (Phi) is 5.41. The third-order valence-corrected chi connectivity index (χ3v) is 4.39. The van der Waals surface area contributed by atoms with E-state index >= 15 is 0 Å². The molecule has 2 unspecified atom stereocenters. The second kappa shape index (κ2) is 6.87. The molecular formula is C15H28N2O3. The fraction of sp³-hybridized carbons (Fsp3) is 0.933. The van der Waals surface area contributed by atoms with E-state index in [9.17, 15) is 9.90 Å². The van der Waals surface area contributed by atoms with Gasteiger partial charge in [-0.3, -0.25) is 4.79 Å². The van der Waals surface area contributed by atoms with E-state index in [1.165, 1.54) is 12.8 Å². The van der Waals surface area contributed by atoms with Gasteiger partial charge in [0.25, 0.3) is 5.91 Å². The molecule has 5 nitrogen and oxygen atoms in total. The van der Waals surface area contributed by atoms with E-state index in [0.717, 1.165) is 25.6 Å². The van der Waals surface area contributed by atoms with Gasteiger partial charge in [0.1, 0.15) is 5.60 Å². The molecule has 0 aromatic heterocycles. The highest BCUT2D eigenvalue weighted by Gasteiger charge is 2.38. The van der Waals surface area contributed by atoms with Crippen molar-refractivity contribution < 1.29 is 14.6 Å². The lowest BCUT2D eigenvalue weighted by Gasteiger charge is -2.35. The first-order valence-corrected chi connectivity index (χ1v) is 7.83. The van der Waals surface area contributed by atoms with Crippen LogP contribution in [0.2, 0.25) is 0 Å². The molecule has 1 amide bonds. The number of carbonyl (C=O) groups excluding carboxylic acids is 1. The number of piperidine rings is 1. The van der Waals surface area contributed by atoms with E-state index in [-0.39, 0.29) is 11.9 Å². The predicted octanol–water partition coefficient (Wildman–Crippen LogP) is 0.764. The lowest BCUT2D eigenvalue weighted by Crippen LogP contribution is -2.54. The highest BCUT2D eigenvalue weighted by atomic mass is 16.5. The maximum Gasteiger partial charge on any atom is 0.252 e. The molecule has 0 radical (unpaired) electrons. The Morgan fingerprint density at radius 2 is 2.20 bits per heavy atom. The van der Waals surface area contributed by atoms with Crippen molar-refractivity contribution >= 4 is 5.91 Å². The molecule has 5 heteroatoms. The third-order valence-electron chi connectivity index (χ3n) is 4.39. The molecule has 2 N–H and O–H groups in total. The van der Waals surface area contributed by atoms with Gasteiger partial charge in [0.2, 0.25) is 0 Å². The number of aliphatic hydroxyl groups is 1. The average molecular weight is 284 g/mol. The fourth-order valence-corrected chi connectivity index (χ4v) is 3.18. The largest absolute Gasteiger partial charge is 0.381 e. The van der Waals surface area contributed by atoms with Crippen molar-refractivity contribution in [3.63, 3.8) is 0 Å². The number of hydrogen-bond donors (Lipinski definition) is 2. The van der Waals surface area contributed by atoms with Gasteiger partial charge in [-0.15, -0.1) is 0 Å². The summed E-state index contributed by atoms with van der Waals surface area (Å²) in [6.45, 7) is 8.30. The molecule has 0 bridgehead atoms. The summed E-state index contributed by atoms with van der Waals surface area (Å²) in [5.74, 6) is 0.504. The Hall–Kier alpha value is -0.650.